The van der Waals surface area contributed by atoms with Gasteiger partial charge in [-0.25, -0.2) is 9.59 Å². The molecule has 0 aliphatic rings. The first-order valence-electron chi connectivity index (χ1n) is 6.37. The van der Waals surface area contributed by atoms with Crippen molar-refractivity contribution in [2.45, 2.75) is 19.8 Å². The summed E-state index contributed by atoms with van der Waals surface area (Å²) in [6.45, 7) is 1.92. The Morgan fingerprint density at radius 3 is 2.52 bits per heavy atom. The number of esters is 1. The summed E-state index contributed by atoms with van der Waals surface area (Å²) in [5.41, 5.74) is 1.44. The molecule has 0 unspecified atom stereocenters. The zero-order valence-corrected chi connectivity index (χ0v) is 11.5. The zero-order valence-electron chi connectivity index (χ0n) is 11.5. The van der Waals surface area contributed by atoms with Crippen molar-refractivity contribution in [1.82, 2.24) is 0 Å². The van der Waals surface area contributed by atoms with Gasteiger partial charge in [-0.15, -0.1) is 0 Å². The lowest BCUT2D eigenvalue weighted by Crippen LogP contribution is -2.06. The number of benzene rings is 1. The van der Waals surface area contributed by atoms with Gasteiger partial charge in [-0.1, -0.05) is 6.07 Å². The number of carbonyl (C=O) groups excluding carboxylic acids is 1. The van der Waals surface area contributed by atoms with Crippen molar-refractivity contribution >= 4 is 24.0 Å². The van der Waals surface area contributed by atoms with Gasteiger partial charge in [0.1, 0.15) is 0 Å². The van der Waals surface area contributed by atoms with E-state index in [1.54, 1.807) is 13.0 Å². The van der Waals surface area contributed by atoms with E-state index < -0.39 is 17.9 Å². The number of carboxylic acid groups (broad SMARTS) is 2. The predicted octanol–water partition coefficient (Wildman–Crippen LogP) is 1.98. The third-order valence-electron chi connectivity index (χ3n) is 2.67. The van der Waals surface area contributed by atoms with Crippen LogP contribution < -0.4 is 0 Å². The normalized spacial score (nSPS) is 10.5. The van der Waals surface area contributed by atoms with Gasteiger partial charge in [0.05, 0.1) is 12.2 Å². The monoisotopic (exact) mass is 292 g/mol. The summed E-state index contributed by atoms with van der Waals surface area (Å²) in [7, 11) is 0. The minimum atomic E-state index is -1.12. The molecule has 0 spiro atoms. The van der Waals surface area contributed by atoms with Crippen LogP contribution in [0.1, 0.15) is 34.8 Å². The van der Waals surface area contributed by atoms with Crippen LogP contribution in [0.15, 0.2) is 24.3 Å². The second kappa shape index (κ2) is 7.84. The molecule has 6 nitrogen and oxygen atoms in total. The molecule has 0 bridgehead atoms. The van der Waals surface area contributed by atoms with Gasteiger partial charge in [0.25, 0.3) is 0 Å². The van der Waals surface area contributed by atoms with E-state index in [-0.39, 0.29) is 19.4 Å². The van der Waals surface area contributed by atoms with E-state index >= 15 is 0 Å². The van der Waals surface area contributed by atoms with E-state index in [1.807, 2.05) is 0 Å². The van der Waals surface area contributed by atoms with Crippen molar-refractivity contribution in [3.63, 3.8) is 0 Å². The highest BCUT2D eigenvalue weighted by Gasteiger charge is 2.10. The van der Waals surface area contributed by atoms with E-state index in [2.05, 4.69) is 0 Å². The molecule has 1 aromatic carbocycles. The molecule has 0 aliphatic carbocycles. The fraction of sp³-hybridized carbons (Fsp3) is 0.267. The highest BCUT2D eigenvalue weighted by atomic mass is 16.5. The second-order valence-corrected chi connectivity index (χ2v) is 4.20. The molecule has 0 amide bonds. The number of carboxylic acids is 2. The fourth-order valence-corrected chi connectivity index (χ4v) is 1.72. The topological polar surface area (TPSA) is 101 Å². The second-order valence-electron chi connectivity index (χ2n) is 4.20. The summed E-state index contributed by atoms with van der Waals surface area (Å²) in [6.07, 6.45) is 2.45. The van der Waals surface area contributed by atoms with Crippen molar-refractivity contribution in [2.24, 2.45) is 0 Å². The lowest BCUT2D eigenvalue weighted by Gasteiger charge is -2.08. The van der Waals surface area contributed by atoms with Gasteiger partial charge in [-0.3, -0.25) is 4.79 Å². The minimum Gasteiger partial charge on any atom is -0.481 e. The van der Waals surface area contributed by atoms with Crippen molar-refractivity contribution in [1.29, 1.82) is 0 Å². The van der Waals surface area contributed by atoms with E-state index in [9.17, 15) is 14.4 Å². The smallest absolute Gasteiger partial charge is 0.338 e. The summed E-state index contributed by atoms with van der Waals surface area (Å²) >= 11 is 0. The first kappa shape index (κ1) is 16.4. The third-order valence-corrected chi connectivity index (χ3v) is 2.67. The third kappa shape index (κ3) is 5.48. The number of hydrogen-bond donors (Lipinski definition) is 2. The Balaban J connectivity index is 3.09. The fourth-order valence-electron chi connectivity index (χ4n) is 1.72. The Kier molecular flexibility index (Phi) is 6.13. The van der Waals surface area contributed by atoms with E-state index in [1.165, 1.54) is 18.2 Å². The highest BCUT2D eigenvalue weighted by Crippen LogP contribution is 2.17. The Morgan fingerprint density at radius 2 is 1.95 bits per heavy atom. The van der Waals surface area contributed by atoms with Crippen LogP contribution in [0.3, 0.4) is 0 Å². The van der Waals surface area contributed by atoms with Crippen LogP contribution in [0, 0.1) is 0 Å². The maximum absolute atomic E-state index is 11.7. The van der Waals surface area contributed by atoms with Crippen molar-refractivity contribution < 1.29 is 29.3 Å². The van der Waals surface area contributed by atoms with Gasteiger partial charge in [0, 0.05) is 12.5 Å². The Morgan fingerprint density at radius 1 is 1.24 bits per heavy atom. The lowest BCUT2D eigenvalue weighted by atomic mass is 9.99. The highest BCUT2D eigenvalue weighted by molar-refractivity contribution is 5.91. The molecular formula is C15H16O6. The van der Waals surface area contributed by atoms with Crippen molar-refractivity contribution in [3.8, 4) is 0 Å². The molecule has 112 valence electrons. The number of rotatable bonds is 7. The van der Waals surface area contributed by atoms with Gasteiger partial charge in [-0.05, 0) is 42.7 Å². The molecule has 1 aromatic rings. The summed E-state index contributed by atoms with van der Waals surface area (Å²) in [6, 6.07) is 4.64. The molecule has 0 saturated heterocycles. The summed E-state index contributed by atoms with van der Waals surface area (Å²) in [5.74, 6) is -2.58. The van der Waals surface area contributed by atoms with Crippen LogP contribution in [0.25, 0.3) is 6.08 Å². The van der Waals surface area contributed by atoms with Crippen LogP contribution in [0.5, 0.6) is 0 Å². The maximum Gasteiger partial charge on any atom is 0.338 e. The first-order chi connectivity index (χ1) is 9.93. The molecule has 0 saturated carbocycles. The van der Waals surface area contributed by atoms with Gasteiger partial charge < -0.3 is 14.9 Å². The molecule has 0 aromatic heterocycles. The van der Waals surface area contributed by atoms with Crippen LogP contribution in [0.4, 0.5) is 0 Å². The molecule has 21 heavy (non-hydrogen) atoms. The summed E-state index contributed by atoms with van der Waals surface area (Å²) < 4.78 is 4.87. The molecule has 1 rings (SSSR count). The van der Waals surface area contributed by atoms with Crippen LogP contribution in [0.2, 0.25) is 0 Å². The number of ether oxygens (including phenoxy) is 1. The van der Waals surface area contributed by atoms with Crippen LogP contribution in [-0.4, -0.2) is 34.7 Å². The zero-order chi connectivity index (χ0) is 15.8. The average Bonchev–Trinajstić information content (AvgIpc) is 2.43. The Hall–Kier alpha value is -2.63. The number of aryl methyl sites for hydroxylation is 1. The predicted molar refractivity (Wildman–Crippen MR) is 75.0 cm³/mol. The van der Waals surface area contributed by atoms with E-state index in [0.717, 1.165) is 6.08 Å². The Labute approximate surface area is 121 Å². The first-order valence-corrected chi connectivity index (χ1v) is 6.37. The van der Waals surface area contributed by atoms with Crippen molar-refractivity contribution in [2.75, 3.05) is 6.61 Å². The molecule has 6 heteroatoms. The summed E-state index contributed by atoms with van der Waals surface area (Å²) in [4.78, 5) is 32.9. The molecule has 0 heterocycles. The number of aliphatic carboxylic acids is 2. The van der Waals surface area contributed by atoms with Gasteiger partial charge in [0.2, 0.25) is 0 Å². The number of hydrogen-bond acceptors (Lipinski definition) is 4. The molecule has 0 aliphatic heterocycles. The molecule has 0 fully saturated rings. The largest absolute Gasteiger partial charge is 0.481 e. The SMILES string of the molecule is CCOC(=O)c1ccc(CCC(=O)O)c(/C=C/C(=O)O)c1. The van der Waals surface area contributed by atoms with E-state index in [4.69, 9.17) is 14.9 Å². The average molecular weight is 292 g/mol. The quantitative estimate of drug-likeness (QED) is 0.588. The summed E-state index contributed by atoms with van der Waals surface area (Å²) in [5, 5.41) is 17.4. The van der Waals surface area contributed by atoms with Crippen LogP contribution >= 0.6 is 0 Å². The molecule has 0 radical (unpaired) electrons. The van der Waals surface area contributed by atoms with Gasteiger partial charge >= 0.3 is 17.9 Å². The maximum atomic E-state index is 11.7. The number of carbonyl (C=O) groups is 3. The Bertz CT molecular complexity index is 574. The molecule has 2 N–H and O–H groups in total. The van der Waals surface area contributed by atoms with Gasteiger partial charge in [0.15, 0.2) is 0 Å². The van der Waals surface area contributed by atoms with Crippen molar-refractivity contribution in [3.05, 3.63) is 41.0 Å². The molecular weight excluding hydrogens is 276 g/mol. The van der Waals surface area contributed by atoms with Crippen LogP contribution in [-0.2, 0) is 20.7 Å². The van der Waals surface area contributed by atoms with Gasteiger partial charge in [-0.2, -0.15) is 0 Å². The lowest BCUT2D eigenvalue weighted by molar-refractivity contribution is -0.137. The minimum absolute atomic E-state index is 0.0767. The standard InChI is InChI=1S/C15H16O6/c1-2-21-15(20)12-4-3-10(5-7-13(16)17)11(9-12)6-8-14(18)19/h3-4,6,8-9H,2,5,7H2,1H3,(H,16,17)(H,18,19)/b8-6+. The molecule has 0 atom stereocenters. The van der Waals surface area contributed by atoms with E-state index in [0.29, 0.717) is 16.7 Å².